The van der Waals surface area contributed by atoms with E-state index in [2.05, 4.69) is 12.2 Å². The van der Waals surface area contributed by atoms with Crippen LogP contribution < -0.4 is 5.32 Å². The first-order valence-corrected chi connectivity index (χ1v) is 6.22. The lowest BCUT2D eigenvalue weighted by Gasteiger charge is -2.10. The van der Waals surface area contributed by atoms with Gasteiger partial charge in [0.05, 0.1) is 11.1 Å². The monoisotopic (exact) mass is 265 g/mol. The molecule has 0 bridgehead atoms. The SMILES string of the molecule is CC1(CCNC(=O)c2ccc(C(=O)O)cc2F)CC1. The molecule has 0 aromatic heterocycles. The molecule has 1 fully saturated rings. The average molecular weight is 265 g/mol. The number of amides is 1. The van der Waals surface area contributed by atoms with Crippen molar-refractivity contribution >= 4 is 11.9 Å². The van der Waals surface area contributed by atoms with Gasteiger partial charge in [-0.3, -0.25) is 4.79 Å². The second-order valence-electron chi connectivity index (χ2n) is 5.32. The predicted molar refractivity (Wildman–Crippen MR) is 67.7 cm³/mol. The minimum atomic E-state index is -1.22. The Morgan fingerprint density at radius 3 is 2.63 bits per heavy atom. The van der Waals surface area contributed by atoms with Gasteiger partial charge in [-0.15, -0.1) is 0 Å². The van der Waals surface area contributed by atoms with Crippen LogP contribution in [0.15, 0.2) is 18.2 Å². The van der Waals surface area contributed by atoms with Gasteiger partial charge in [0.15, 0.2) is 0 Å². The predicted octanol–water partition coefficient (Wildman–Crippen LogP) is 2.44. The van der Waals surface area contributed by atoms with E-state index in [1.807, 2.05) is 0 Å². The summed E-state index contributed by atoms with van der Waals surface area (Å²) in [4.78, 5) is 22.4. The number of carbonyl (C=O) groups excluding carboxylic acids is 1. The van der Waals surface area contributed by atoms with Gasteiger partial charge in [0.1, 0.15) is 5.82 Å². The molecule has 0 spiro atoms. The lowest BCUT2D eigenvalue weighted by molar-refractivity contribution is 0.0695. The Hall–Kier alpha value is -1.91. The molecule has 0 aliphatic heterocycles. The third-order valence-corrected chi connectivity index (χ3v) is 3.58. The fourth-order valence-corrected chi connectivity index (χ4v) is 1.87. The third kappa shape index (κ3) is 3.30. The van der Waals surface area contributed by atoms with E-state index in [1.165, 1.54) is 25.0 Å². The molecule has 1 aliphatic rings. The van der Waals surface area contributed by atoms with Crippen molar-refractivity contribution in [2.24, 2.45) is 5.41 Å². The first-order chi connectivity index (χ1) is 8.91. The largest absolute Gasteiger partial charge is 0.478 e. The number of hydrogen-bond acceptors (Lipinski definition) is 2. The fourth-order valence-electron chi connectivity index (χ4n) is 1.87. The van der Waals surface area contributed by atoms with E-state index >= 15 is 0 Å². The topological polar surface area (TPSA) is 66.4 Å². The molecule has 19 heavy (non-hydrogen) atoms. The number of hydrogen-bond donors (Lipinski definition) is 2. The molecule has 4 nitrogen and oxygen atoms in total. The number of carboxylic acids is 1. The van der Waals surface area contributed by atoms with Crippen LogP contribution in [0.4, 0.5) is 4.39 Å². The maximum absolute atomic E-state index is 13.6. The van der Waals surface area contributed by atoms with Gasteiger partial charge >= 0.3 is 5.97 Å². The van der Waals surface area contributed by atoms with Crippen LogP contribution in [0.2, 0.25) is 0 Å². The van der Waals surface area contributed by atoms with Crippen molar-refractivity contribution in [1.82, 2.24) is 5.32 Å². The highest BCUT2D eigenvalue weighted by molar-refractivity contribution is 5.96. The fraction of sp³-hybridized carbons (Fsp3) is 0.429. The van der Waals surface area contributed by atoms with Gasteiger partial charge in [0.2, 0.25) is 0 Å². The molecule has 1 aromatic carbocycles. The van der Waals surface area contributed by atoms with E-state index in [0.29, 0.717) is 12.0 Å². The van der Waals surface area contributed by atoms with Gasteiger partial charge in [0, 0.05) is 6.54 Å². The van der Waals surface area contributed by atoms with Gasteiger partial charge < -0.3 is 10.4 Å². The summed E-state index contributed by atoms with van der Waals surface area (Å²) in [5.41, 5.74) is 0.0457. The summed E-state index contributed by atoms with van der Waals surface area (Å²) >= 11 is 0. The molecule has 5 heteroatoms. The van der Waals surface area contributed by atoms with Crippen LogP contribution >= 0.6 is 0 Å². The summed E-state index contributed by atoms with van der Waals surface area (Å²) in [6.45, 7) is 2.66. The Kier molecular flexibility index (Phi) is 3.55. The number of carboxylic acid groups (broad SMARTS) is 1. The standard InChI is InChI=1S/C14H16FNO3/c1-14(4-5-14)6-7-16-12(17)10-3-2-9(13(18)19)8-11(10)15/h2-3,8H,4-7H2,1H3,(H,16,17)(H,18,19). The molecule has 1 saturated carbocycles. The minimum absolute atomic E-state index is 0.119. The number of halogens is 1. The zero-order chi connectivity index (χ0) is 14.0. The van der Waals surface area contributed by atoms with Crippen LogP contribution in [0.1, 0.15) is 46.9 Å². The van der Waals surface area contributed by atoms with Crippen molar-refractivity contribution in [2.45, 2.75) is 26.2 Å². The second-order valence-corrected chi connectivity index (χ2v) is 5.32. The normalized spacial score (nSPS) is 15.9. The van der Waals surface area contributed by atoms with E-state index in [1.54, 1.807) is 0 Å². The summed E-state index contributed by atoms with van der Waals surface area (Å²) in [6, 6.07) is 3.29. The van der Waals surface area contributed by atoms with Crippen molar-refractivity contribution in [3.05, 3.63) is 35.1 Å². The Labute approximate surface area is 110 Å². The van der Waals surface area contributed by atoms with E-state index in [9.17, 15) is 14.0 Å². The molecule has 1 amide bonds. The van der Waals surface area contributed by atoms with Crippen molar-refractivity contribution in [2.75, 3.05) is 6.54 Å². The van der Waals surface area contributed by atoms with Gasteiger partial charge in [0.25, 0.3) is 5.91 Å². The highest BCUT2D eigenvalue weighted by atomic mass is 19.1. The molecule has 102 valence electrons. The lowest BCUT2D eigenvalue weighted by Crippen LogP contribution is -2.26. The molecule has 0 radical (unpaired) electrons. The molecule has 1 aromatic rings. The molecule has 0 unspecified atom stereocenters. The minimum Gasteiger partial charge on any atom is -0.478 e. The zero-order valence-corrected chi connectivity index (χ0v) is 10.7. The first kappa shape index (κ1) is 13.5. The van der Waals surface area contributed by atoms with E-state index in [0.717, 1.165) is 12.5 Å². The second kappa shape index (κ2) is 4.99. The average Bonchev–Trinajstić information content (AvgIpc) is 3.06. The van der Waals surface area contributed by atoms with E-state index < -0.39 is 17.7 Å². The molecule has 0 heterocycles. The molecule has 0 saturated heterocycles. The van der Waals surface area contributed by atoms with Crippen LogP contribution in [-0.2, 0) is 0 Å². The number of carbonyl (C=O) groups is 2. The van der Waals surface area contributed by atoms with Crippen LogP contribution in [0.25, 0.3) is 0 Å². The Bertz CT molecular complexity index is 523. The number of benzene rings is 1. The molecule has 1 aliphatic carbocycles. The molecular formula is C14H16FNO3. The summed E-state index contributed by atoms with van der Waals surface area (Å²) in [5, 5.41) is 11.4. The first-order valence-electron chi connectivity index (χ1n) is 6.22. The van der Waals surface area contributed by atoms with Crippen molar-refractivity contribution in [3.8, 4) is 0 Å². The van der Waals surface area contributed by atoms with Crippen molar-refractivity contribution < 1.29 is 19.1 Å². The maximum Gasteiger partial charge on any atom is 0.335 e. The summed E-state index contributed by atoms with van der Waals surface area (Å²) < 4.78 is 13.6. The highest BCUT2D eigenvalue weighted by Gasteiger charge is 2.36. The molecule has 0 atom stereocenters. The van der Waals surface area contributed by atoms with Gasteiger partial charge in [-0.25, -0.2) is 9.18 Å². The lowest BCUT2D eigenvalue weighted by atomic mass is 10.1. The van der Waals surface area contributed by atoms with Crippen molar-refractivity contribution in [3.63, 3.8) is 0 Å². The number of aromatic carboxylic acids is 1. The van der Waals surface area contributed by atoms with Gasteiger partial charge in [-0.1, -0.05) is 6.92 Å². The smallest absolute Gasteiger partial charge is 0.335 e. The molecule has 2 rings (SSSR count). The van der Waals surface area contributed by atoms with Crippen LogP contribution in [0.5, 0.6) is 0 Å². The van der Waals surface area contributed by atoms with Gasteiger partial charge in [-0.05, 0) is 42.9 Å². The quantitative estimate of drug-likeness (QED) is 0.859. The van der Waals surface area contributed by atoms with Gasteiger partial charge in [-0.2, -0.15) is 0 Å². The Morgan fingerprint density at radius 2 is 2.11 bits per heavy atom. The Balaban J connectivity index is 1.96. The van der Waals surface area contributed by atoms with Crippen molar-refractivity contribution in [1.29, 1.82) is 0 Å². The van der Waals surface area contributed by atoms with Crippen LogP contribution in [-0.4, -0.2) is 23.5 Å². The van der Waals surface area contributed by atoms with Crippen LogP contribution in [0.3, 0.4) is 0 Å². The van der Waals surface area contributed by atoms with E-state index in [4.69, 9.17) is 5.11 Å². The molecular weight excluding hydrogens is 249 g/mol. The summed E-state index contributed by atoms with van der Waals surface area (Å²) in [6.07, 6.45) is 3.22. The summed E-state index contributed by atoms with van der Waals surface area (Å²) in [5.74, 6) is -2.53. The summed E-state index contributed by atoms with van der Waals surface area (Å²) in [7, 11) is 0. The number of rotatable bonds is 5. The van der Waals surface area contributed by atoms with E-state index in [-0.39, 0.29) is 11.1 Å². The zero-order valence-electron chi connectivity index (χ0n) is 10.7. The Morgan fingerprint density at radius 1 is 1.42 bits per heavy atom. The van der Waals surface area contributed by atoms with Crippen LogP contribution in [0, 0.1) is 11.2 Å². The number of nitrogens with one attached hydrogen (secondary N) is 1. The highest BCUT2D eigenvalue weighted by Crippen LogP contribution is 2.47. The maximum atomic E-state index is 13.6. The third-order valence-electron chi connectivity index (χ3n) is 3.58. The molecule has 2 N–H and O–H groups in total.